The average Bonchev–Trinajstić information content (AvgIpc) is 2.92. The van der Waals surface area contributed by atoms with Gasteiger partial charge in [-0.2, -0.15) is 0 Å². The van der Waals surface area contributed by atoms with Gasteiger partial charge in [-0.25, -0.2) is 4.98 Å². The Bertz CT molecular complexity index is 747. The van der Waals surface area contributed by atoms with E-state index in [0.29, 0.717) is 12.2 Å². The standard InChI is InChI=1S/C17H17N3OS/c1-12-6-8-13(9-7-12)18-16(21)10-11-22-17-19-14-4-2-3-5-15(14)20-17/h2-9H,10-11H2,1H3,(H,18,21)(H,19,20). The molecule has 0 spiro atoms. The molecule has 0 radical (unpaired) electrons. The van der Waals surface area contributed by atoms with Gasteiger partial charge in [-0.1, -0.05) is 41.6 Å². The minimum absolute atomic E-state index is 0.0208. The highest BCUT2D eigenvalue weighted by Gasteiger charge is 2.06. The summed E-state index contributed by atoms with van der Waals surface area (Å²) in [6.07, 6.45) is 0.454. The Labute approximate surface area is 133 Å². The van der Waals surface area contributed by atoms with E-state index in [0.717, 1.165) is 21.9 Å². The molecule has 0 aliphatic heterocycles. The number of aromatic amines is 1. The highest BCUT2D eigenvalue weighted by Crippen LogP contribution is 2.20. The van der Waals surface area contributed by atoms with Crippen molar-refractivity contribution >= 4 is 34.4 Å². The number of hydrogen-bond acceptors (Lipinski definition) is 3. The minimum atomic E-state index is 0.0208. The molecule has 0 aliphatic carbocycles. The molecule has 1 amide bonds. The zero-order valence-electron chi connectivity index (χ0n) is 12.3. The Kier molecular flexibility index (Phi) is 4.44. The molecule has 3 rings (SSSR count). The normalized spacial score (nSPS) is 10.8. The number of para-hydroxylation sites is 2. The Morgan fingerprint density at radius 2 is 1.95 bits per heavy atom. The topological polar surface area (TPSA) is 57.8 Å². The summed E-state index contributed by atoms with van der Waals surface area (Å²) in [5.41, 5.74) is 3.99. The molecular weight excluding hydrogens is 294 g/mol. The Morgan fingerprint density at radius 1 is 1.18 bits per heavy atom. The fourth-order valence-corrected chi connectivity index (χ4v) is 2.92. The molecule has 0 aliphatic rings. The fourth-order valence-electron chi connectivity index (χ4n) is 2.10. The number of fused-ring (bicyclic) bond motifs is 1. The van der Waals surface area contributed by atoms with Crippen molar-refractivity contribution in [3.05, 3.63) is 54.1 Å². The summed E-state index contributed by atoms with van der Waals surface area (Å²) in [6.45, 7) is 2.02. The van der Waals surface area contributed by atoms with Gasteiger partial charge >= 0.3 is 0 Å². The second-order valence-electron chi connectivity index (χ2n) is 5.07. The molecule has 0 unspecified atom stereocenters. The first-order valence-corrected chi connectivity index (χ1v) is 8.13. The molecule has 0 bridgehead atoms. The summed E-state index contributed by atoms with van der Waals surface area (Å²) in [7, 11) is 0. The number of anilines is 1. The number of carbonyl (C=O) groups is 1. The van der Waals surface area contributed by atoms with Crippen LogP contribution in [0.15, 0.2) is 53.7 Å². The second kappa shape index (κ2) is 6.66. The van der Waals surface area contributed by atoms with Gasteiger partial charge in [0.2, 0.25) is 5.91 Å². The number of nitrogens with zero attached hydrogens (tertiary/aromatic N) is 1. The van der Waals surface area contributed by atoms with E-state index in [-0.39, 0.29) is 5.91 Å². The van der Waals surface area contributed by atoms with E-state index in [9.17, 15) is 4.79 Å². The number of hydrogen-bond donors (Lipinski definition) is 2. The predicted molar refractivity (Wildman–Crippen MR) is 91.2 cm³/mol. The lowest BCUT2D eigenvalue weighted by Crippen LogP contribution is -2.12. The minimum Gasteiger partial charge on any atom is -0.333 e. The van der Waals surface area contributed by atoms with E-state index >= 15 is 0 Å². The Hall–Kier alpha value is -2.27. The van der Waals surface area contributed by atoms with Gasteiger partial charge in [0.1, 0.15) is 0 Å². The van der Waals surface area contributed by atoms with Crippen molar-refractivity contribution in [2.75, 3.05) is 11.1 Å². The lowest BCUT2D eigenvalue weighted by Gasteiger charge is -2.04. The highest BCUT2D eigenvalue weighted by molar-refractivity contribution is 7.99. The van der Waals surface area contributed by atoms with Gasteiger partial charge < -0.3 is 10.3 Å². The number of aryl methyl sites for hydroxylation is 1. The maximum atomic E-state index is 11.9. The molecule has 3 aromatic rings. The number of amides is 1. The van der Waals surface area contributed by atoms with Gasteiger partial charge in [-0.05, 0) is 31.2 Å². The number of benzene rings is 2. The van der Waals surface area contributed by atoms with Crippen LogP contribution in [0.2, 0.25) is 0 Å². The lowest BCUT2D eigenvalue weighted by atomic mass is 10.2. The quantitative estimate of drug-likeness (QED) is 0.700. The van der Waals surface area contributed by atoms with Crippen molar-refractivity contribution < 1.29 is 4.79 Å². The molecule has 1 aromatic heterocycles. The molecule has 22 heavy (non-hydrogen) atoms. The van der Waals surface area contributed by atoms with Crippen molar-refractivity contribution in [3.8, 4) is 0 Å². The molecule has 5 heteroatoms. The number of thioether (sulfide) groups is 1. The summed E-state index contributed by atoms with van der Waals surface area (Å²) >= 11 is 1.56. The number of H-pyrrole nitrogens is 1. The zero-order chi connectivity index (χ0) is 15.4. The summed E-state index contributed by atoms with van der Waals surface area (Å²) in [4.78, 5) is 19.6. The van der Waals surface area contributed by atoms with Crippen LogP contribution in [0.5, 0.6) is 0 Å². The number of aromatic nitrogens is 2. The van der Waals surface area contributed by atoms with Crippen molar-refractivity contribution in [1.29, 1.82) is 0 Å². The molecule has 0 saturated heterocycles. The summed E-state index contributed by atoms with van der Waals surface area (Å²) in [5.74, 6) is 0.713. The van der Waals surface area contributed by atoms with Gasteiger partial charge in [-0.15, -0.1) is 0 Å². The summed E-state index contributed by atoms with van der Waals surface area (Å²) in [6, 6.07) is 15.7. The summed E-state index contributed by atoms with van der Waals surface area (Å²) in [5, 5.41) is 3.75. The Morgan fingerprint density at radius 3 is 2.73 bits per heavy atom. The monoisotopic (exact) mass is 311 g/mol. The van der Waals surface area contributed by atoms with Gasteiger partial charge in [-0.3, -0.25) is 4.79 Å². The highest BCUT2D eigenvalue weighted by atomic mass is 32.2. The average molecular weight is 311 g/mol. The van der Waals surface area contributed by atoms with Crippen LogP contribution in [0, 0.1) is 6.92 Å². The van der Waals surface area contributed by atoms with E-state index in [2.05, 4.69) is 15.3 Å². The van der Waals surface area contributed by atoms with Crippen LogP contribution in [0.4, 0.5) is 5.69 Å². The van der Waals surface area contributed by atoms with Crippen LogP contribution in [0.25, 0.3) is 11.0 Å². The molecular formula is C17H17N3OS. The van der Waals surface area contributed by atoms with Crippen LogP contribution in [0.3, 0.4) is 0 Å². The first-order chi connectivity index (χ1) is 10.7. The Balaban J connectivity index is 1.49. The molecule has 0 saturated carbocycles. The van der Waals surface area contributed by atoms with Crippen molar-refractivity contribution in [1.82, 2.24) is 9.97 Å². The molecule has 2 aromatic carbocycles. The van der Waals surface area contributed by atoms with E-state index in [1.165, 1.54) is 5.56 Å². The van der Waals surface area contributed by atoms with Crippen LogP contribution in [-0.2, 0) is 4.79 Å². The van der Waals surface area contributed by atoms with E-state index in [4.69, 9.17) is 0 Å². The molecule has 0 atom stereocenters. The molecule has 1 heterocycles. The third-order valence-electron chi connectivity index (χ3n) is 3.27. The van der Waals surface area contributed by atoms with Crippen LogP contribution >= 0.6 is 11.8 Å². The lowest BCUT2D eigenvalue weighted by molar-refractivity contribution is -0.115. The molecule has 2 N–H and O–H groups in total. The number of rotatable bonds is 5. The van der Waals surface area contributed by atoms with E-state index in [1.807, 2.05) is 55.5 Å². The van der Waals surface area contributed by atoms with Gasteiger partial charge in [0.25, 0.3) is 0 Å². The number of nitrogens with one attached hydrogen (secondary N) is 2. The predicted octanol–water partition coefficient (Wildman–Crippen LogP) is 3.99. The van der Waals surface area contributed by atoms with Crippen molar-refractivity contribution in [3.63, 3.8) is 0 Å². The van der Waals surface area contributed by atoms with E-state index < -0.39 is 0 Å². The maximum Gasteiger partial charge on any atom is 0.225 e. The molecule has 0 fully saturated rings. The SMILES string of the molecule is Cc1ccc(NC(=O)CCSc2nc3ccccc3[nH]2)cc1. The first-order valence-electron chi connectivity index (χ1n) is 7.15. The zero-order valence-corrected chi connectivity index (χ0v) is 13.1. The van der Waals surface area contributed by atoms with Crippen LogP contribution < -0.4 is 5.32 Å². The smallest absolute Gasteiger partial charge is 0.225 e. The molecule has 4 nitrogen and oxygen atoms in total. The van der Waals surface area contributed by atoms with Crippen molar-refractivity contribution in [2.24, 2.45) is 0 Å². The fraction of sp³-hybridized carbons (Fsp3) is 0.176. The second-order valence-corrected chi connectivity index (χ2v) is 6.16. The number of carbonyl (C=O) groups excluding carboxylic acids is 1. The largest absolute Gasteiger partial charge is 0.333 e. The van der Waals surface area contributed by atoms with Gasteiger partial charge in [0, 0.05) is 17.9 Å². The maximum absolute atomic E-state index is 11.9. The summed E-state index contributed by atoms with van der Waals surface area (Å²) < 4.78 is 0. The van der Waals surface area contributed by atoms with Crippen molar-refractivity contribution in [2.45, 2.75) is 18.5 Å². The third kappa shape index (κ3) is 3.68. The van der Waals surface area contributed by atoms with Gasteiger partial charge in [0.15, 0.2) is 5.16 Å². The molecule has 112 valence electrons. The number of imidazole rings is 1. The van der Waals surface area contributed by atoms with Crippen LogP contribution in [0.1, 0.15) is 12.0 Å². The van der Waals surface area contributed by atoms with E-state index in [1.54, 1.807) is 11.8 Å². The van der Waals surface area contributed by atoms with Crippen LogP contribution in [-0.4, -0.2) is 21.6 Å². The van der Waals surface area contributed by atoms with Gasteiger partial charge in [0.05, 0.1) is 11.0 Å². The first kappa shape index (κ1) is 14.7. The third-order valence-corrected chi connectivity index (χ3v) is 4.15.